The second kappa shape index (κ2) is 10.4. The summed E-state index contributed by atoms with van der Waals surface area (Å²) < 4.78 is 0. The van der Waals surface area contributed by atoms with E-state index in [2.05, 4.69) is 34.4 Å². The third-order valence-corrected chi connectivity index (χ3v) is 3.82. The molecule has 0 aliphatic carbocycles. The normalized spacial score (nSPS) is 10.7. The number of unbranched alkanes of at least 4 members (excludes halogenated alkanes) is 7. The first kappa shape index (κ1) is 17.7. The summed E-state index contributed by atoms with van der Waals surface area (Å²) in [6.07, 6.45) is 10.8. The van der Waals surface area contributed by atoms with Crippen molar-refractivity contribution < 1.29 is 0 Å². The molecule has 0 aromatic carbocycles. The molecule has 0 saturated heterocycles. The van der Waals surface area contributed by atoms with Crippen molar-refractivity contribution in [1.82, 2.24) is 9.97 Å². The van der Waals surface area contributed by atoms with Gasteiger partial charge < -0.3 is 10.6 Å². The van der Waals surface area contributed by atoms with Crippen LogP contribution in [0.2, 0.25) is 0 Å². The highest BCUT2D eigenvalue weighted by molar-refractivity contribution is 5.56. The third kappa shape index (κ3) is 6.78. The Hall–Kier alpha value is -1.32. The van der Waals surface area contributed by atoms with Crippen molar-refractivity contribution in [1.29, 1.82) is 0 Å². The molecule has 0 aliphatic rings. The minimum Gasteiger partial charge on any atom is -0.373 e. The minimum atomic E-state index is 0.809. The summed E-state index contributed by atoms with van der Waals surface area (Å²) in [7, 11) is 1.90. The van der Waals surface area contributed by atoms with Crippen molar-refractivity contribution in [2.45, 2.75) is 72.1 Å². The molecule has 0 spiro atoms. The monoisotopic (exact) mass is 292 g/mol. The maximum Gasteiger partial charge on any atom is 0.134 e. The fraction of sp³-hybridized carbons (Fsp3) is 0.765. The van der Waals surface area contributed by atoms with Crippen LogP contribution in [0.4, 0.5) is 11.6 Å². The highest BCUT2D eigenvalue weighted by Gasteiger charge is 2.07. The predicted octanol–water partition coefficient (Wildman–Crippen LogP) is 4.69. The number of hydrogen-bond donors (Lipinski definition) is 2. The second-order valence-electron chi connectivity index (χ2n) is 5.74. The maximum atomic E-state index is 4.49. The molecular formula is C17H32N4. The van der Waals surface area contributed by atoms with E-state index in [4.69, 9.17) is 0 Å². The average Bonchev–Trinajstić information content (AvgIpc) is 2.48. The first-order valence-corrected chi connectivity index (χ1v) is 8.46. The van der Waals surface area contributed by atoms with Crippen molar-refractivity contribution in [3.63, 3.8) is 0 Å². The molecule has 0 bridgehead atoms. The Morgan fingerprint density at radius 3 is 2.00 bits per heavy atom. The van der Waals surface area contributed by atoms with E-state index in [0.29, 0.717) is 0 Å². The molecule has 1 aromatic heterocycles. The number of aryl methyl sites for hydroxylation is 1. The summed E-state index contributed by atoms with van der Waals surface area (Å²) in [4.78, 5) is 8.87. The van der Waals surface area contributed by atoms with Crippen LogP contribution >= 0.6 is 0 Å². The molecule has 2 N–H and O–H groups in total. The molecule has 0 radical (unpaired) electrons. The van der Waals surface area contributed by atoms with Gasteiger partial charge in [-0.2, -0.15) is 0 Å². The van der Waals surface area contributed by atoms with Crippen LogP contribution in [0.3, 0.4) is 0 Å². The lowest BCUT2D eigenvalue weighted by Crippen LogP contribution is -2.09. The lowest BCUT2D eigenvalue weighted by Gasteiger charge is -2.12. The van der Waals surface area contributed by atoms with Crippen LogP contribution in [-0.2, 0) is 0 Å². The molecule has 0 atom stereocenters. The van der Waals surface area contributed by atoms with Gasteiger partial charge in [-0.15, -0.1) is 0 Å². The highest BCUT2D eigenvalue weighted by Crippen LogP contribution is 2.19. The van der Waals surface area contributed by atoms with Crippen molar-refractivity contribution in [2.24, 2.45) is 0 Å². The molecule has 1 heterocycles. The minimum absolute atomic E-state index is 0.809. The molecule has 4 heteroatoms. The van der Waals surface area contributed by atoms with Crippen LogP contribution in [0.1, 0.15) is 69.7 Å². The van der Waals surface area contributed by atoms with Gasteiger partial charge in [-0.1, -0.05) is 51.9 Å². The summed E-state index contributed by atoms with van der Waals surface area (Å²) in [6, 6.07) is 0. The average molecular weight is 292 g/mol. The zero-order valence-electron chi connectivity index (χ0n) is 14.3. The van der Waals surface area contributed by atoms with E-state index in [0.717, 1.165) is 29.6 Å². The van der Waals surface area contributed by atoms with Crippen molar-refractivity contribution >= 4 is 11.6 Å². The molecule has 120 valence electrons. The Balaban J connectivity index is 2.20. The Bertz CT molecular complexity index is 404. The van der Waals surface area contributed by atoms with E-state index in [1.807, 2.05) is 14.0 Å². The van der Waals surface area contributed by atoms with Crippen molar-refractivity contribution in [3.05, 3.63) is 11.4 Å². The molecule has 0 unspecified atom stereocenters. The van der Waals surface area contributed by atoms with E-state index >= 15 is 0 Å². The molecular weight excluding hydrogens is 260 g/mol. The van der Waals surface area contributed by atoms with Crippen LogP contribution in [0.25, 0.3) is 0 Å². The van der Waals surface area contributed by atoms with Gasteiger partial charge in [-0.25, -0.2) is 9.97 Å². The van der Waals surface area contributed by atoms with Crippen LogP contribution in [0.15, 0.2) is 0 Å². The van der Waals surface area contributed by atoms with Gasteiger partial charge in [0.25, 0.3) is 0 Å². The number of nitrogens with one attached hydrogen (secondary N) is 2. The van der Waals surface area contributed by atoms with Gasteiger partial charge in [-0.3, -0.25) is 0 Å². The van der Waals surface area contributed by atoms with E-state index < -0.39 is 0 Å². The largest absolute Gasteiger partial charge is 0.373 e. The van der Waals surface area contributed by atoms with Gasteiger partial charge in [-0.05, 0) is 20.3 Å². The molecule has 0 aliphatic heterocycles. The predicted molar refractivity (Wildman–Crippen MR) is 92.2 cm³/mol. The first-order valence-electron chi connectivity index (χ1n) is 8.46. The van der Waals surface area contributed by atoms with Gasteiger partial charge in [0.15, 0.2) is 0 Å². The molecule has 1 rings (SSSR count). The summed E-state index contributed by atoms with van der Waals surface area (Å²) >= 11 is 0. The van der Waals surface area contributed by atoms with Gasteiger partial charge in [0.1, 0.15) is 17.5 Å². The van der Waals surface area contributed by atoms with Crippen molar-refractivity contribution in [3.8, 4) is 0 Å². The fourth-order valence-electron chi connectivity index (χ4n) is 2.51. The molecule has 0 amide bonds. The summed E-state index contributed by atoms with van der Waals surface area (Å²) in [6.45, 7) is 7.25. The lowest BCUT2D eigenvalue weighted by atomic mass is 10.1. The zero-order chi connectivity index (χ0) is 15.5. The first-order chi connectivity index (χ1) is 10.2. The molecule has 0 fully saturated rings. The number of anilines is 2. The van der Waals surface area contributed by atoms with Crippen LogP contribution in [0.5, 0.6) is 0 Å². The van der Waals surface area contributed by atoms with Crippen LogP contribution in [-0.4, -0.2) is 23.6 Å². The summed E-state index contributed by atoms with van der Waals surface area (Å²) in [5.41, 5.74) is 1.10. The van der Waals surface area contributed by atoms with E-state index in [1.54, 1.807) is 0 Å². The van der Waals surface area contributed by atoms with Crippen LogP contribution in [0, 0.1) is 13.8 Å². The Labute approximate surface area is 130 Å². The fourth-order valence-corrected chi connectivity index (χ4v) is 2.51. The highest BCUT2D eigenvalue weighted by atomic mass is 15.1. The maximum absolute atomic E-state index is 4.49. The van der Waals surface area contributed by atoms with Gasteiger partial charge >= 0.3 is 0 Å². The Kier molecular flexibility index (Phi) is 8.79. The molecule has 21 heavy (non-hydrogen) atoms. The lowest BCUT2D eigenvalue weighted by molar-refractivity contribution is 0.581. The standard InChI is InChI=1S/C17H32N4/c1-5-6-7-8-9-10-11-12-13-19-17-14(2)16(18-4)20-15(3)21-17/h5-13H2,1-4H3,(H2,18,19,20,21). The van der Waals surface area contributed by atoms with Crippen LogP contribution < -0.4 is 10.6 Å². The smallest absolute Gasteiger partial charge is 0.134 e. The summed E-state index contributed by atoms with van der Waals surface area (Å²) in [5.74, 6) is 2.69. The third-order valence-electron chi connectivity index (χ3n) is 3.82. The van der Waals surface area contributed by atoms with Gasteiger partial charge in [0.05, 0.1) is 0 Å². The van der Waals surface area contributed by atoms with Gasteiger partial charge in [0, 0.05) is 19.2 Å². The quantitative estimate of drug-likeness (QED) is 0.581. The topological polar surface area (TPSA) is 49.8 Å². The number of aromatic nitrogens is 2. The SMILES string of the molecule is CCCCCCCCCCNc1nc(C)nc(NC)c1C. The number of rotatable bonds is 11. The molecule has 1 aromatic rings. The molecule has 0 saturated carbocycles. The van der Waals surface area contributed by atoms with Gasteiger partial charge in [0.2, 0.25) is 0 Å². The zero-order valence-corrected chi connectivity index (χ0v) is 14.3. The van der Waals surface area contributed by atoms with Crippen molar-refractivity contribution in [2.75, 3.05) is 24.2 Å². The number of hydrogen-bond acceptors (Lipinski definition) is 4. The van der Waals surface area contributed by atoms with E-state index in [-0.39, 0.29) is 0 Å². The van der Waals surface area contributed by atoms with E-state index in [1.165, 1.54) is 51.4 Å². The molecule has 4 nitrogen and oxygen atoms in total. The Morgan fingerprint density at radius 2 is 1.38 bits per heavy atom. The Morgan fingerprint density at radius 1 is 0.810 bits per heavy atom. The van der Waals surface area contributed by atoms with E-state index in [9.17, 15) is 0 Å². The second-order valence-corrected chi connectivity index (χ2v) is 5.74. The summed E-state index contributed by atoms with van der Waals surface area (Å²) in [5, 5.41) is 6.57. The number of nitrogens with zero attached hydrogens (tertiary/aromatic N) is 2.